The lowest BCUT2D eigenvalue weighted by Crippen LogP contribution is -2.35. The number of piperidine rings is 1. The van der Waals surface area contributed by atoms with E-state index in [1.807, 2.05) is 31.2 Å². The molecule has 0 amide bonds. The normalized spacial score (nSPS) is 19.6. The molecule has 4 rings (SSSR count). The molecule has 1 atom stereocenters. The van der Waals surface area contributed by atoms with Crippen LogP contribution in [0.25, 0.3) is 0 Å². The summed E-state index contributed by atoms with van der Waals surface area (Å²) in [6, 6.07) is 7.83. The molecule has 2 aliphatic heterocycles. The van der Waals surface area contributed by atoms with E-state index >= 15 is 0 Å². The summed E-state index contributed by atoms with van der Waals surface area (Å²) in [4.78, 5) is 11.7. The van der Waals surface area contributed by atoms with Crippen molar-refractivity contribution in [3.63, 3.8) is 0 Å². The zero-order chi connectivity index (χ0) is 17.2. The van der Waals surface area contributed by atoms with Crippen LogP contribution in [0.15, 0.2) is 24.3 Å². The molecule has 6 nitrogen and oxygen atoms in total. The molecule has 6 heteroatoms. The van der Waals surface area contributed by atoms with Gasteiger partial charge in [-0.25, -0.2) is 4.98 Å². The van der Waals surface area contributed by atoms with Crippen molar-refractivity contribution in [3.05, 3.63) is 30.0 Å². The maximum absolute atomic E-state index is 5.65. The first-order chi connectivity index (χ1) is 12.2. The summed E-state index contributed by atoms with van der Waals surface area (Å²) in [5.41, 5.74) is 1.89. The van der Waals surface area contributed by atoms with Crippen LogP contribution in [-0.2, 0) is 0 Å². The third kappa shape index (κ3) is 3.62. The van der Waals surface area contributed by atoms with E-state index in [4.69, 9.17) is 14.5 Å². The molecule has 3 heterocycles. The van der Waals surface area contributed by atoms with Gasteiger partial charge in [-0.2, -0.15) is 4.98 Å². The minimum absolute atomic E-state index is 0.584. The summed E-state index contributed by atoms with van der Waals surface area (Å²) < 4.78 is 11.2. The number of nitrogens with one attached hydrogen (secondary N) is 1. The first-order valence-electron chi connectivity index (χ1n) is 8.95. The quantitative estimate of drug-likeness (QED) is 0.922. The maximum atomic E-state index is 5.65. The lowest BCUT2D eigenvalue weighted by molar-refractivity contribution is 0.171. The van der Waals surface area contributed by atoms with Crippen molar-refractivity contribution in [3.8, 4) is 11.5 Å². The fourth-order valence-electron chi connectivity index (χ4n) is 3.40. The van der Waals surface area contributed by atoms with Gasteiger partial charge in [-0.05, 0) is 37.8 Å². The van der Waals surface area contributed by atoms with Gasteiger partial charge in [0, 0.05) is 36.6 Å². The van der Waals surface area contributed by atoms with Crippen LogP contribution in [0.1, 0.15) is 25.5 Å². The zero-order valence-electron chi connectivity index (χ0n) is 14.8. The molecule has 1 N–H and O–H groups in total. The van der Waals surface area contributed by atoms with Crippen LogP contribution in [0.5, 0.6) is 11.5 Å². The van der Waals surface area contributed by atoms with Crippen LogP contribution >= 0.6 is 0 Å². The summed E-state index contributed by atoms with van der Waals surface area (Å²) in [5.74, 6) is 3.86. The lowest BCUT2D eigenvalue weighted by Gasteiger charge is -2.31. The highest BCUT2D eigenvalue weighted by Gasteiger charge is 2.19. The number of aromatic nitrogens is 2. The number of anilines is 3. The first kappa shape index (κ1) is 16.0. The molecular formula is C19H24N4O2. The Labute approximate surface area is 148 Å². The van der Waals surface area contributed by atoms with Gasteiger partial charge in [-0.3, -0.25) is 0 Å². The molecule has 1 fully saturated rings. The predicted octanol–water partition coefficient (Wildman–Crippen LogP) is 3.54. The molecule has 0 aliphatic carbocycles. The topological polar surface area (TPSA) is 59.5 Å². The molecule has 25 heavy (non-hydrogen) atoms. The molecule has 2 aromatic rings. The Hall–Kier alpha value is -2.50. The maximum Gasteiger partial charge on any atom is 0.227 e. The van der Waals surface area contributed by atoms with Crippen molar-refractivity contribution < 1.29 is 9.47 Å². The molecule has 132 valence electrons. The summed E-state index contributed by atoms with van der Waals surface area (Å²) >= 11 is 0. The van der Waals surface area contributed by atoms with Crippen LogP contribution in [0.4, 0.5) is 17.5 Å². The van der Waals surface area contributed by atoms with Gasteiger partial charge in [-0.15, -0.1) is 0 Å². The predicted molar refractivity (Wildman–Crippen MR) is 98.1 cm³/mol. The molecule has 1 aromatic heterocycles. The number of aryl methyl sites for hydroxylation is 1. The van der Waals surface area contributed by atoms with Gasteiger partial charge in [0.05, 0.1) is 0 Å². The van der Waals surface area contributed by atoms with Gasteiger partial charge in [0.1, 0.15) is 19.0 Å². The van der Waals surface area contributed by atoms with Gasteiger partial charge >= 0.3 is 0 Å². The Morgan fingerprint density at radius 1 is 1.12 bits per heavy atom. The van der Waals surface area contributed by atoms with Crippen LogP contribution in [0.2, 0.25) is 0 Å². The second kappa shape index (κ2) is 6.78. The average Bonchev–Trinajstić information content (AvgIpc) is 2.61. The summed E-state index contributed by atoms with van der Waals surface area (Å²) in [7, 11) is 0. The molecular weight excluding hydrogens is 316 g/mol. The Kier molecular flexibility index (Phi) is 4.34. The largest absolute Gasteiger partial charge is 0.486 e. The molecule has 1 aromatic carbocycles. The smallest absolute Gasteiger partial charge is 0.227 e. The van der Waals surface area contributed by atoms with Gasteiger partial charge in [-0.1, -0.05) is 6.92 Å². The summed E-state index contributed by atoms with van der Waals surface area (Å²) in [5, 5.41) is 3.37. The van der Waals surface area contributed by atoms with Gasteiger partial charge in [0.25, 0.3) is 0 Å². The van der Waals surface area contributed by atoms with E-state index in [1.54, 1.807) is 0 Å². The lowest BCUT2D eigenvalue weighted by atomic mass is 10.0. The van der Waals surface area contributed by atoms with Crippen molar-refractivity contribution in [2.45, 2.75) is 26.7 Å². The number of rotatable bonds is 3. The fraction of sp³-hybridized carbons (Fsp3) is 0.474. The minimum atomic E-state index is 0.584. The second-order valence-electron chi connectivity index (χ2n) is 6.87. The first-order valence-corrected chi connectivity index (χ1v) is 8.95. The molecule has 0 bridgehead atoms. The molecule has 0 saturated carbocycles. The van der Waals surface area contributed by atoms with Crippen molar-refractivity contribution >= 4 is 17.5 Å². The van der Waals surface area contributed by atoms with Crippen LogP contribution in [0, 0.1) is 12.8 Å². The second-order valence-corrected chi connectivity index (χ2v) is 6.87. The molecule has 1 saturated heterocycles. The highest BCUT2D eigenvalue weighted by molar-refractivity contribution is 5.62. The fourth-order valence-corrected chi connectivity index (χ4v) is 3.40. The van der Waals surface area contributed by atoms with E-state index in [2.05, 4.69) is 22.1 Å². The van der Waals surface area contributed by atoms with Crippen LogP contribution in [-0.4, -0.2) is 36.3 Å². The SMILES string of the molecule is Cc1cc(Nc2ccc3c(c2)OCCO3)nc(N2CCCC(C)C2)n1. The summed E-state index contributed by atoms with van der Waals surface area (Å²) in [6.45, 7) is 7.52. The number of nitrogens with zero attached hydrogens (tertiary/aromatic N) is 3. The number of fused-ring (bicyclic) bond motifs is 1. The molecule has 0 spiro atoms. The Morgan fingerprint density at radius 3 is 2.80 bits per heavy atom. The summed E-state index contributed by atoms with van der Waals surface area (Å²) in [6.07, 6.45) is 2.48. The standard InChI is InChI=1S/C19H24N4O2/c1-13-4-3-7-23(12-13)19-20-14(2)10-18(22-19)21-15-5-6-16-17(11-15)25-9-8-24-16/h5-6,10-11,13H,3-4,7-9,12H2,1-2H3,(H,20,21,22). The van der Waals surface area contributed by atoms with E-state index in [0.717, 1.165) is 47.7 Å². The van der Waals surface area contributed by atoms with E-state index in [-0.39, 0.29) is 0 Å². The van der Waals surface area contributed by atoms with Crippen molar-refractivity contribution in [1.82, 2.24) is 9.97 Å². The van der Waals surface area contributed by atoms with E-state index in [0.29, 0.717) is 19.1 Å². The van der Waals surface area contributed by atoms with Crippen LogP contribution < -0.4 is 19.7 Å². The minimum Gasteiger partial charge on any atom is -0.486 e. The number of ether oxygens (including phenoxy) is 2. The Bertz CT molecular complexity index is 765. The Balaban J connectivity index is 1.56. The number of hydrogen-bond acceptors (Lipinski definition) is 6. The van der Waals surface area contributed by atoms with Crippen LogP contribution in [0.3, 0.4) is 0 Å². The molecule has 1 unspecified atom stereocenters. The highest BCUT2D eigenvalue weighted by atomic mass is 16.6. The zero-order valence-corrected chi connectivity index (χ0v) is 14.8. The van der Waals surface area contributed by atoms with Gasteiger partial charge in [0.15, 0.2) is 11.5 Å². The number of benzene rings is 1. The highest BCUT2D eigenvalue weighted by Crippen LogP contribution is 2.33. The van der Waals surface area contributed by atoms with E-state index < -0.39 is 0 Å². The van der Waals surface area contributed by atoms with Crippen molar-refractivity contribution in [2.75, 3.05) is 36.5 Å². The molecule has 2 aliphatic rings. The monoisotopic (exact) mass is 340 g/mol. The van der Waals surface area contributed by atoms with Crippen molar-refractivity contribution in [2.24, 2.45) is 5.92 Å². The third-order valence-electron chi connectivity index (χ3n) is 4.60. The van der Waals surface area contributed by atoms with Gasteiger partial charge < -0.3 is 19.7 Å². The Morgan fingerprint density at radius 2 is 1.96 bits per heavy atom. The van der Waals surface area contributed by atoms with Gasteiger partial charge in [0.2, 0.25) is 5.95 Å². The average molecular weight is 340 g/mol. The molecule has 0 radical (unpaired) electrons. The third-order valence-corrected chi connectivity index (χ3v) is 4.60. The van der Waals surface area contributed by atoms with E-state index in [1.165, 1.54) is 12.8 Å². The number of hydrogen-bond donors (Lipinski definition) is 1. The van der Waals surface area contributed by atoms with Crippen molar-refractivity contribution in [1.29, 1.82) is 0 Å². The van der Waals surface area contributed by atoms with E-state index in [9.17, 15) is 0 Å².